The van der Waals surface area contributed by atoms with Crippen molar-refractivity contribution < 1.29 is 27.5 Å². The van der Waals surface area contributed by atoms with E-state index in [4.69, 9.17) is 9.47 Å². The third kappa shape index (κ3) is 4.56. The van der Waals surface area contributed by atoms with Gasteiger partial charge in [0.25, 0.3) is 21.8 Å². The van der Waals surface area contributed by atoms with E-state index in [-0.39, 0.29) is 11.4 Å². The maximum Gasteiger partial charge on any atom is 0.272 e. The van der Waals surface area contributed by atoms with E-state index < -0.39 is 27.4 Å². The second-order valence-corrected chi connectivity index (χ2v) is 8.77. The van der Waals surface area contributed by atoms with Crippen LogP contribution in [-0.2, 0) is 26.0 Å². The summed E-state index contributed by atoms with van der Waals surface area (Å²) in [5, 5.41) is 2.65. The maximum atomic E-state index is 12.8. The Hall–Kier alpha value is -3.33. The van der Waals surface area contributed by atoms with Crippen LogP contribution in [0.15, 0.2) is 42.0 Å². The Morgan fingerprint density at radius 3 is 2.42 bits per heavy atom. The number of carbonyl (C=O) groups is 2. The number of amides is 2. The molecule has 8 nitrogen and oxygen atoms in total. The zero-order valence-corrected chi connectivity index (χ0v) is 18.6. The molecule has 2 N–H and O–H groups in total. The van der Waals surface area contributed by atoms with Gasteiger partial charge in [-0.05, 0) is 49.1 Å². The van der Waals surface area contributed by atoms with Crippen LogP contribution in [0.3, 0.4) is 0 Å². The average molecular weight is 445 g/mol. The lowest BCUT2D eigenvalue weighted by Crippen LogP contribution is -2.32. The van der Waals surface area contributed by atoms with Crippen LogP contribution in [0.2, 0.25) is 0 Å². The van der Waals surface area contributed by atoms with Gasteiger partial charge in [-0.3, -0.25) is 9.59 Å². The van der Waals surface area contributed by atoms with Gasteiger partial charge in [0.15, 0.2) is 11.5 Å². The van der Waals surface area contributed by atoms with E-state index in [1.807, 2.05) is 23.8 Å². The zero-order chi connectivity index (χ0) is 22.8. The van der Waals surface area contributed by atoms with Crippen molar-refractivity contribution >= 4 is 26.7 Å². The highest BCUT2D eigenvalue weighted by atomic mass is 32.2. The van der Waals surface area contributed by atoms with Gasteiger partial charge in [0.2, 0.25) is 0 Å². The minimum absolute atomic E-state index is 0.200. The minimum Gasteiger partial charge on any atom is -0.493 e. The van der Waals surface area contributed by atoms with Crippen molar-refractivity contribution in [3.63, 3.8) is 0 Å². The monoisotopic (exact) mass is 444 g/mol. The van der Waals surface area contributed by atoms with Crippen LogP contribution in [0.1, 0.15) is 22.3 Å². The summed E-state index contributed by atoms with van der Waals surface area (Å²) < 4.78 is 37.6. The first-order valence-corrected chi connectivity index (χ1v) is 11.0. The standard InChI is InChI=1S/C22H24N2O6S/c1-13-5-6-14(2)16(11-13)20-19(22(26)24-31(20,27)28)21(25)23-10-9-15-7-8-17(29-3)18(12-15)30-4/h5-8,11-12H,9-10H2,1-4H3,(H,23,25)(H,24,26). The Morgan fingerprint density at radius 2 is 1.74 bits per heavy atom. The van der Waals surface area contributed by atoms with E-state index in [1.165, 1.54) is 7.11 Å². The lowest BCUT2D eigenvalue weighted by molar-refractivity contribution is -0.122. The van der Waals surface area contributed by atoms with Gasteiger partial charge >= 0.3 is 0 Å². The lowest BCUT2D eigenvalue weighted by Gasteiger charge is -2.11. The van der Waals surface area contributed by atoms with E-state index in [9.17, 15) is 18.0 Å². The molecule has 1 heterocycles. The second-order valence-electron chi connectivity index (χ2n) is 7.15. The molecule has 1 aliphatic rings. The fourth-order valence-corrected chi connectivity index (χ4v) is 4.78. The molecular weight excluding hydrogens is 420 g/mol. The van der Waals surface area contributed by atoms with E-state index in [0.29, 0.717) is 29.0 Å². The molecule has 9 heteroatoms. The highest BCUT2D eigenvalue weighted by Gasteiger charge is 2.40. The van der Waals surface area contributed by atoms with Crippen molar-refractivity contribution in [2.24, 2.45) is 0 Å². The Labute approximate surface area is 181 Å². The number of benzene rings is 2. The van der Waals surface area contributed by atoms with Gasteiger partial charge < -0.3 is 14.8 Å². The molecule has 0 saturated carbocycles. The molecule has 0 unspecified atom stereocenters. The van der Waals surface area contributed by atoms with E-state index >= 15 is 0 Å². The quantitative estimate of drug-likeness (QED) is 0.631. The smallest absolute Gasteiger partial charge is 0.272 e. The molecule has 2 aromatic rings. The molecule has 2 amide bonds. The second kappa shape index (κ2) is 8.81. The molecule has 164 valence electrons. The first kappa shape index (κ1) is 22.4. The summed E-state index contributed by atoms with van der Waals surface area (Å²) >= 11 is 0. The van der Waals surface area contributed by atoms with Crippen LogP contribution in [0, 0.1) is 13.8 Å². The first-order chi connectivity index (χ1) is 14.7. The van der Waals surface area contributed by atoms with Gasteiger partial charge in [-0.15, -0.1) is 0 Å². The molecule has 1 aliphatic heterocycles. The number of methoxy groups -OCH3 is 2. The van der Waals surface area contributed by atoms with Crippen molar-refractivity contribution in [1.82, 2.24) is 10.0 Å². The minimum atomic E-state index is -4.13. The van der Waals surface area contributed by atoms with Gasteiger partial charge in [-0.25, -0.2) is 13.1 Å². The number of sulfonamides is 1. The molecule has 0 spiro atoms. The summed E-state index contributed by atoms with van der Waals surface area (Å²) in [6, 6.07) is 10.6. The molecule has 0 aromatic heterocycles. The van der Waals surface area contributed by atoms with E-state index in [2.05, 4.69) is 5.32 Å². The van der Waals surface area contributed by atoms with Crippen molar-refractivity contribution in [3.8, 4) is 11.5 Å². The van der Waals surface area contributed by atoms with Crippen LogP contribution in [0.4, 0.5) is 0 Å². The molecule has 0 aliphatic carbocycles. The van der Waals surface area contributed by atoms with Gasteiger partial charge in [-0.2, -0.15) is 0 Å². The number of ether oxygens (including phenoxy) is 2. The molecule has 0 bridgehead atoms. The van der Waals surface area contributed by atoms with Crippen LogP contribution < -0.4 is 19.5 Å². The van der Waals surface area contributed by atoms with Crippen LogP contribution in [0.5, 0.6) is 11.5 Å². The molecule has 3 rings (SSSR count). The van der Waals surface area contributed by atoms with Crippen LogP contribution >= 0.6 is 0 Å². The van der Waals surface area contributed by atoms with Gasteiger partial charge in [-0.1, -0.05) is 29.8 Å². The average Bonchev–Trinajstić information content (AvgIpc) is 2.97. The molecule has 31 heavy (non-hydrogen) atoms. The topological polar surface area (TPSA) is 111 Å². The van der Waals surface area contributed by atoms with Gasteiger partial charge in [0.1, 0.15) is 10.5 Å². The predicted molar refractivity (Wildman–Crippen MR) is 116 cm³/mol. The van der Waals surface area contributed by atoms with Crippen molar-refractivity contribution in [2.45, 2.75) is 20.3 Å². The number of nitrogens with one attached hydrogen (secondary N) is 2. The fraction of sp³-hybridized carbons (Fsp3) is 0.273. The molecule has 0 fully saturated rings. The lowest BCUT2D eigenvalue weighted by atomic mass is 10.0. The SMILES string of the molecule is COc1ccc(CCNC(=O)C2=C(c3cc(C)ccc3C)S(=O)(=O)NC2=O)cc1OC. The molecule has 2 aromatic carbocycles. The fourth-order valence-electron chi connectivity index (χ4n) is 3.37. The number of hydrogen-bond donors (Lipinski definition) is 2. The summed E-state index contributed by atoms with van der Waals surface area (Å²) in [5.74, 6) is -0.520. The first-order valence-electron chi connectivity index (χ1n) is 9.56. The van der Waals surface area contributed by atoms with Crippen molar-refractivity contribution in [2.75, 3.05) is 20.8 Å². The van der Waals surface area contributed by atoms with Crippen molar-refractivity contribution in [1.29, 1.82) is 0 Å². The highest BCUT2D eigenvalue weighted by Crippen LogP contribution is 2.32. The van der Waals surface area contributed by atoms with Crippen LogP contribution in [-0.4, -0.2) is 41.0 Å². The summed E-state index contributed by atoms with van der Waals surface area (Å²) in [6.07, 6.45) is 0.451. The van der Waals surface area contributed by atoms with E-state index in [0.717, 1.165) is 11.1 Å². The van der Waals surface area contributed by atoms with Gasteiger partial charge in [0, 0.05) is 6.54 Å². The summed E-state index contributed by atoms with van der Waals surface area (Å²) in [4.78, 5) is 24.9. The van der Waals surface area contributed by atoms with Crippen molar-refractivity contribution in [3.05, 3.63) is 64.2 Å². The third-order valence-electron chi connectivity index (χ3n) is 4.96. The zero-order valence-electron chi connectivity index (χ0n) is 17.7. The Kier molecular flexibility index (Phi) is 6.35. The number of rotatable bonds is 7. The Bertz CT molecular complexity index is 1180. The summed E-state index contributed by atoms with van der Waals surface area (Å²) in [5.41, 5.74) is 2.28. The van der Waals surface area contributed by atoms with Gasteiger partial charge in [0.05, 0.1) is 14.2 Å². The number of hydrogen-bond acceptors (Lipinski definition) is 6. The molecule has 0 saturated heterocycles. The number of carbonyl (C=O) groups excluding carboxylic acids is 2. The Balaban J connectivity index is 1.85. The third-order valence-corrected chi connectivity index (χ3v) is 6.38. The Morgan fingerprint density at radius 1 is 1.03 bits per heavy atom. The predicted octanol–water partition coefficient (Wildman–Crippen LogP) is 1.85. The van der Waals surface area contributed by atoms with Crippen LogP contribution in [0.25, 0.3) is 4.91 Å². The van der Waals surface area contributed by atoms with E-state index in [1.54, 1.807) is 38.3 Å². The summed E-state index contributed by atoms with van der Waals surface area (Å²) in [6.45, 7) is 3.74. The summed E-state index contributed by atoms with van der Waals surface area (Å²) in [7, 11) is -1.05. The highest BCUT2D eigenvalue weighted by molar-refractivity contribution is 8.00. The number of aryl methyl sites for hydroxylation is 2. The normalized spacial score (nSPS) is 14.9. The molecule has 0 atom stereocenters. The molecular formula is C22H24N2O6S. The largest absolute Gasteiger partial charge is 0.493 e. The maximum absolute atomic E-state index is 12.8. The molecule has 0 radical (unpaired) electrons.